The molecule has 0 bridgehead atoms. The Morgan fingerprint density at radius 2 is 1.98 bits per heavy atom. The molecule has 13 nitrogen and oxygen atoms in total. The average molecular weight is 590 g/mol. The second-order valence-corrected chi connectivity index (χ2v) is 12.7. The van der Waals surface area contributed by atoms with Gasteiger partial charge in [0.1, 0.15) is 17.5 Å². The number of hydrogen-bond acceptors (Lipinski definition) is 7. The maximum Gasteiger partial charge on any atom is 0.269 e. The van der Waals surface area contributed by atoms with Crippen LogP contribution in [0.4, 0.5) is 0 Å². The molecule has 1 spiro atoms. The molecule has 5 heterocycles. The second kappa shape index (κ2) is 10.4. The fraction of sp³-hybridized carbons (Fsp3) is 0.500. The number of nitrogens with zero attached hydrogens (tertiary/aromatic N) is 2. The predicted molar refractivity (Wildman–Crippen MR) is 159 cm³/mol. The van der Waals surface area contributed by atoms with Gasteiger partial charge in [-0.25, -0.2) is 0 Å². The molecule has 2 unspecified atom stereocenters. The molecule has 43 heavy (non-hydrogen) atoms. The highest BCUT2D eigenvalue weighted by Gasteiger charge is 2.66. The van der Waals surface area contributed by atoms with Crippen LogP contribution in [0.2, 0.25) is 0 Å². The molecule has 2 amide bonds. The van der Waals surface area contributed by atoms with Gasteiger partial charge in [-0.2, -0.15) is 0 Å². The number of carbonyl (C=O) groups excluding carboxylic acids is 2. The zero-order chi connectivity index (χ0) is 30.7. The number of aliphatic hydroxyl groups excluding tert-OH is 1. The Balaban J connectivity index is 1.20. The van der Waals surface area contributed by atoms with E-state index < -0.39 is 29.9 Å². The fourth-order valence-corrected chi connectivity index (χ4v) is 6.67. The molecular weight excluding hydrogens is 550 g/mol. The van der Waals surface area contributed by atoms with Crippen LogP contribution in [-0.2, 0) is 5.41 Å². The average Bonchev–Trinajstić information content (AvgIpc) is 3.47. The van der Waals surface area contributed by atoms with Crippen LogP contribution in [0.15, 0.2) is 36.5 Å². The van der Waals surface area contributed by atoms with Crippen LogP contribution < -0.4 is 31.3 Å². The molecule has 3 saturated heterocycles. The lowest BCUT2D eigenvalue weighted by Crippen LogP contribution is -2.78. The number of aromatic nitrogens is 1. The normalized spacial score (nSPS) is 28.5. The summed E-state index contributed by atoms with van der Waals surface area (Å²) in [6.07, 6.45) is 1.33. The number of nitrogens with one attached hydrogen (secondary N) is 7. The number of fused-ring (bicyclic) bond motifs is 1. The van der Waals surface area contributed by atoms with Crippen LogP contribution in [-0.4, -0.2) is 88.3 Å². The van der Waals surface area contributed by atoms with Crippen LogP contribution in [0.25, 0.3) is 0 Å². The summed E-state index contributed by atoms with van der Waals surface area (Å²) in [4.78, 5) is 32.4. The number of pyridine rings is 1. The number of hydrogen-bond donors (Lipinski definition) is 8. The molecule has 3 fully saturated rings. The summed E-state index contributed by atoms with van der Waals surface area (Å²) in [7, 11) is 0. The Hall–Kier alpha value is -4.39. The van der Waals surface area contributed by atoms with Crippen molar-refractivity contribution in [2.75, 3.05) is 19.7 Å². The Labute approximate surface area is 250 Å². The summed E-state index contributed by atoms with van der Waals surface area (Å²) < 4.78 is 5.94. The van der Waals surface area contributed by atoms with E-state index in [0.717, 1.165) is 17.5 Å². The van der Waals surface area contributed by atoms with Crippen molar-refractivity contribution >= 4 is 23.7 Å². The van der Waals surface area contributed by atoms with Gasteiger partial charge < -0.3 is 41.3 Å². The summed E-state index contributed by atoms with van der Waals surface area (Å²) >= 11 is 0. The van der Waals surface area contributed by atoms with Gasteiger partial charge in [-0.3, -0.25) is 25.4 Å². The van der Waals surface area contributed by atoms with Crippen molar-refractivity contribution in [3.63, 3.8) is 0 Å². The Kier molecular flexibility index (Phi) is 6.95. The third-order valence-corrected chi connectivity index (χ3v) is 9.20. The molecule has 4 aliphatic heterocycles. The van der Waals surface area contributed by atoms with Gasteiger partial charge in [-0.15, -0.1) is 0 Å². The number of carbonyl (C=O) groups is 2. The number of amides is 2. The third kappa shape index (κ3) is 4.71. The van der Waals surface area contributed by atoms with Crippen molar-refractivity contribution in [2.45, 2.75) is 75.3 Å². The first-order chi connectivity index (χ1) is 20.4. The van der Waals surface area contributed by atoms with Crippen LogP contribution in [0.3, 0.4) is 0 Å². The summed E-state index contributed by atoms with van der Waals surface area (Å²) in [5.74, 6) is 0.0897. The molecule has 5 atom stereocenters. The molecular formula is C30H39N9O4. The molecule has 8 N–H and O–H groups in total. The van der Waals surface area contributed by atoms with Gasteiger partial charge in [0.2, 0.25) is 0 Å². The summed E-state index contributed by atoms with van der Waals surface area (Å²) in [6.45, 7) is 9.09. The molecule has 1 aromatic heterocycles. The van der Waals surface area contributed by atoms with Crippen LogP contribution in [0.5, 0.6) is 5.75 Å². The van der Waals surface area contributed by atoms with Gasteiger partial charge in [0.15, 0.2) is 17.6 Å². The van der Waals surface area contributed by atoms with Crippen molar-refractivity contribution in [1.29, 1.82) is 10.8 Å². The van der Waals surface area contributed by atoms with E-state index in [1.165, 1.54) is 0 Å². The van der Waals surface area contributed by atoms with E-state index in [9.17, 15) is 14.7 Å². The minimum absolute atomic E-state index is 0.0110. The van der Waals surface area contributed by atoms with Crippen molar-refractivity contribution in [3.8, 4) is 5.75 Å². The van der Waals surface area contributed by atoms with E-state index >= 15 is 0 Å². The van der Waals surface area contributed by atoms with E-state index in [1.54, 1.807) is 23.2 Å². The highest BCUT2D eigenvalue weighted by molar-refractivity contribution is 5.98. The first-order valence-corrected chi connectivity index (χ1v) is 14.7. The van der Waals surface area contributed by atoms with Crippen molar-refractivity contribution in [1.82, 2.24) is 36.5 Å². The van der Waals surface area contributed by atoms with E-state index in [-0.39, 0.29) is 47.9 Å². The quantitative estimate of drug-likeness (QED) is 0.238. The first kappa shape index (κ1) is 28.7. The third-order valence-electron chi connectivity index (χ3n) is 9.20. The van der Waals surface area contributed by atoms with E-state index in [4.69, 9.17) is 15.6 Å². The maximum atomic E-state index is 13.6. The van der Waals surface area contributed by atoms with E-state index in [2.05, 4.69) is 59.3 Å². The lowest BCUT2D eigenvalue weighted by atomic mass is 9.79. The predicted octanol–water partition coefficient (Wildman–Crippen LogP) is 0.569. The van der Waals surface area contributed by atoms with Crippen LogP contribution >= 0.6 is 0 Å². The molecule has 0 saturated carbocycles. The Morgan fingerprint density at radius 1 is 1.19 bits per heavy atom. The molecule has 4 aliphatic rings. The van der Waals surface area contributed by atoms with Gasteiger partial charge in [0.25, 0.3) is 11.8 Å². The Morgan fingerprint density at radius 3 is 2.70 bits per heavy atom. The minimum atomic E-state index is -1.29. The van der Waals surface area contributed by atoms with Gasteiger partial charge >= 0.3 is 0 Å². The molecule has 13 heteroatoms. The van der Waals surface area contributed by atoms with Crippen molar-refractivity contribution in [2.24, 2.45) is 0 Å². The zero-order valence-electron chi connectivity index (χ0n) is 24.7. The van der Waals surface area contributed by atoms with Crippen molar-refractivity contribution < 1.29 is 19.4 Å². The topological polar surface area (TPSA) is 188 Å². The number of ether oxygens (including phenoxy) is 1. The van der Waals surface area contributed by atoms with Crippen LogP contribution in [0, 0.1) is 10.8 Å². The monoisotopic (exact) mass is 589 g/mol. The molecule has 228 valence electrons. The largest absolute Gasteiger partial charge is 0.492 e. The minimum Gasteiger partial charge on any atom is -0.492 e. The molecule has 2 aromatic rings. The summed E-state index contributed by atoms with van der Waals surface area (Å²) in [6, 6.07) is 7.14. The summed E-state index contributed by atoms with van der Waals surface area (Å²) in [5.41, 5.74) is 1.23. The smallest absolute Gasteiger partial charge is 0.269 e. The van der Waals surface area contributed by atoms with Crippen molar-refractivity contribution in [3.05, 3.63) is 58.9 Å². The lowest BCUT2D eigenvalue weighted by molar-refractivity contribution is 0.00611. The molecule has 6 rings (SSSR count). The van der Waals surface area contributed by atoms with E-state index in [1.807, 2.05) is 18.2 Å². The lowest BCUT2D eigenvalue weighted by Gasteiger charge is -2.49. The number of guanidine groups is 2. The van der Waals surface area contributed by atoms with E-state index in [0.29, 0.717) is 23.8 Å². The second-order valence-electron chi connectivity index (χ2n) is 12.7. The van der Waals surface area contributed by atoms with Gasteiger partial charge in [0, 0.05) is 24.8 Å². The standard InChI is InChI=1S/C30H39N9O4/c1-15(2)16-8-9-19(33-12-16)26(42)34-13-20-23-30(38-27(31)37-23)24(40)21(14-39(30)28(32)36-20)35-25(41)17-6-5-7-18-22(17)43-11-10-29(18,3)4/h5-9,12,15,20-21,23-24,40H,10-11,13-14H2,1-4H3,(H2,32,36)(H,34,42)(H,35,41)(H3,31,37,38)/t20-,21?,23-,24+,30?/m0/s1. The van der Waals surface area contributed by atoms with Crippen LogP contribution in [0.1, 0.15) is 72.0 Å². The zero-order valence-corrected chi connectivity index (χ0v) is 24.7. The number of rotatable bonds is 6. The number of aliphatic hydroxyl groups is 1. The summed E-state index contributed by atoms with van der Waals surface area (Å²) in [5, 5.41) is 43.9. The maximum absolute atomic E-state index is 13.6. The number of para-hydroxylation sites is 1. The fourth-order valence-electron chi connectivity index (χ4n) is 6.67. The van der Waals surface area contributed by atoms with Gasteiger partial charge in [0.05, 0.1) is 30.3 Å². The molecule has 1 aromatic carbocycles. The van der Waals surface area contributed by atoms with Gasteiger partial charge in [-0.05, 0) is 35.4 Å². The van der Waals surface area contributed by atoms with Gasteiger partial charge in [-0.1, -0.05) is 45.9 Å². The number of benzene rings is 1. The SMILES string of the molecule is CC(C)c1ccc(C(=O)NC[C@@H]2NC(=N)N3CC(NC(=O)c4cccc5c4OCCC5(C)C)[C@@H](O)C34NC(=N)N[C@@H]24)nc1. The Bertz CT molecular complexity index is 1480. The highest BCUT2D eigenvalue weighted by atomic mass is 16.5. The first-order valence-electron chi connectivity index (χ1n) is 14.7. The molecule has 0 radical (unpaired) electrons. The highest BCUT2D eigenvalue weighted by Crippen LogP contribution is 2.41. The molecule has 0 aliphatic carbocycles.